The summed E-state index contributed by atoms with van der Waals surface area (Å²) in [5, 5.41) is 0. The van der Waals surface area contributed by atoms with Crippen molar-refractivity contribution in [2.24, 2.45) is 11.1 Å². The van der Waals surface area contributed by atoms with Gasteiger partial charge in [-0.05, 0) is 36.1 Å². The van der Waals surface area contributed by atoms with Gasteiger partial charge in [0.1, 0.15) is 0 Å². The van der Waals surface area contributed by atoms with Crippen LogP contribution in [-0.4, -0.2) is 21.0 Å². The van der Waals surface area contributed by atoms with Gasteiger partial charge in [0.15, 0.2) is 0 Å². The maximum absolute atomic E-state index is 12.1. The Kier molecular flexibility index (Phi) is 3.68. The largest absolute Gasteiger partial charge is 0.320 e. The number of nitrogens with one attached hydrogen (secondary N) is 1. The first kappa shape index (κ1) is 14.1. The molecule has 5 heteroatoms. The van der Waals surface area contributed by atoms with Gasteiger partial charge in [0.2, 0.25) is 10.0 Å². The highest BCUT2D eigenvalue weighted by Gasteiger charge is 2.47. The highest BCUT2D eigenvalue weighted by Crippen LogP contribution is 2.45. The standard InChI is InChI=1S/C14H18N2O2S/c1-14(2)10-13(14)16-19(17,18)12-7-5-11(6-8-12)4-3-9-15/h5-8,13,16H,9-10,15H2,1-2H3. The number of sulfonamides is 1. The van der Waals surface area contributed by atoms with Crippen LogP contribution in [0.3, 0.4) is 0 Å². The first-order chi connectivity index (χ1) is 8.85. The van der Waals surface area contributed by atoms with Gasteiger partial charge in [0, 0.05) is 11.6 Å². The molecule has 1 unspecified atom stereocenters. The zero-order valence-electron chi connectivity index (χ0n) is 11.1. The first-order valence-corrected chi connectivity index (χ1v) is 7.65. The first-order valence-electron chi connectivity index (χ1n) is 6.16. The van der Waals surface area contributed by atoms with E-state index in [0.717, 1.165) is 12.0 Å². The topological polar surface area (TPSA) is 72.2 Å². The lowest BCUT2D eigenvalue weighted by molar-refractivity contribution is 0.555. The number of hydrogen-bond donors (Lipinski definition) is 2. The molecule has 4 nitrogen and oxygen atoms in total. The molecule has 1 atom stereocenters. The molecule has 2 rings (SSSR count). The van der Waals surface area contributed by atoms with Crippen molar-refractivity contribution in [2.45, 2.75) is 31.2 Å². The van der Waals surface area contributed by atoms with Crippen molar-refractivity contribution >= 4 is 10.0 Å². The molecule has 0 amide bonds. The van der Waals surface area contributed by atoms with Crippen molar-refractivity contribution in [3.05, 3.63) is 29.8 Å². The van der Waals surface area contributed by atoms with Crippen molar-refractivity contribution < 1.29 is 8.42 Å². The monoisotopic (exact) mass is 278 g/mol. The molecule has 19 heavy (non-hydrogen) atoms. The average Bonchev–Trinajstić information content (AvgIpc) is 2.93. The lowest BCUT2D eigenvalue weighted by atomic mass is 10.2. The number of nitrogens with two attached hydrogens (primary N) is 1. The number of hydrogen-bond acceptors (Lipinski definition) is 3. The Balaban J connectivity index is 2.13. The zero-order chi connectivity index (χ0) is 14.1. The van der Waals surface area contributed by atoms with E-state index in [-0.39, 0.29) is 16.4 Å². The van der Waals surface area contributed by atoms with Crippen LogP contribution in [0.4, 0.5) is 0 Å². The van der Waals surface area contributed by atoms with Gasteiger partial charge in [-0.1, -0.05) is 25.7 Å². The fourth-order valence-electron chi connectivity index (χ4n) is 1.79. The van der Waals surface area contributed by atoms with E-state index in [1.165, 1.54) is 0 Å². The molecule has 1 aliphatic rings. The van der Waals surface area contributed by atoms with Gasteiger partial charge in [-0.15, -0.1) is 0 Å². The molecule has 0 saturated heterocycles. The van der Waals surface area contributed by atoms with Gasteiger partial charge in [0.25, 0.3) is 0 Å². The normalized spacial score (nSPS) is 20.5. The predicted molar refractivity (Wildman–Crippen MR) is 74.9 cm³/mol. The van der Waals surface area contributed by atoms with Crippen LogP contribution in [-0.2, 0) is 10.0 Å². The Morgan fingerprint density at radius 1 is 1.37 bits per heavy atom. The van der Waals surface area contributed by atoms with Crippen LogP contribution in [0.25, 0.3) is 0 Å². The molecule has 0 aromatic heterocycles. The van der Waals surface area contributed by atoms with E-state index in [1.54, 1.807) is 24.3 Å². The number of benzene rings is 1. The maximum Gasteiger partial charge on any atom is 0.240 e. The third kappa shape index (κ3) is 3.35. The molecule has 1 saturated carbocycles. The third-order valence-electron chi connectivity index (χ3n) is 3.31. The SMILES string of the molecule is CC1(C)CC1NS(=O)(=O)c1ccc(C#CCN)cc1. The molecule has 102 valence electrons. The van der Waals surface area contributed by atoms with E-state index < -0.39 is 10.0 Å². The van der Waals surface area contributed by atoms with E-state index in [0.29, 0.717) is 6.54 Å². The van der Waals surface area contributed by atoms with E-state index >= 15 is 0 Å². The van der Waals surface area contributed by atoms with Crippen LogP contribution in [0.2, 0.25) is 0 Å². The highest BCUT2D eigenvalue weighted by atomic mass is 32.2. The van der Waals surface area contributed by atoms with E-state index in [2.05, 4.69) is 16.6 Å². The summed E-state index contributed by atoms with van der Waals surface area (Å²) in [5.41, 5.74) is 6.11. The Hall–Kier alpha value is -1.35. The smallest absolute Gasteiger partial charge is 0.240 e. The zero-order valence-corrected chi connectivity index (χ0v) is 11.9. The quantitative estimate of drug-likeness (QED) is 0.813. The molecule has 1 aromatic carbocycles. The number of rotatable bonds is 3. The second-order valence-corrected chi connectivity index (χ2v) is 7.11. The molecule has 0 aliphatic heterocycles. The van der Waals surface area contributed by atoms with Crippen LogP contribution >= 0.6 is 0 Å². The summed E-state index contributed by atoms with van der Waals surface area (Å²) in [6, 6.07) is 6.55. The molecule has 0 spiro atoms. The van der Waals surface area contributed by atoms with Crippen molar-refractivity contribution in [1.29, 1.82) is 0 Å². The van der Waals surface area contributed by atoms with Crippen LogP contribution in [0.15, 0.2) is 29.2 Å². The second kappa shape index (κ2) is 4.97. The summed E-state index contributed by atoms with van der Waals surface area (Å²) in [6.45, 7) is 4.38. The van der Waals surface area contributed by atoms with E-state index in [1.807, 2.05) is 13.8 Å². The van der Waals surface area contributed by atoms with E-state index in [4.69, 9.17) is 5.73 Å². The summed E-state index contributed by atoms with van der Waals surface area (Å²) in [4.78, 5) is 0.272. The highest BCUT2D eigenvalue weighted by molar-refractivity contribution is 7.89. The lowest BCUT2D eigenvalue weighted by Gasteiger charge is -2.08. The van der Waals surface area contributed by atoms with Gasteiger partial charge in [0.05, 0.1) is 11.4 Å². The fourth-order valence-corrected chi connectivity index (χ4v) is 3.20. The Bertz CT molecular complexity index is 622. The minimum atomic E-state index is -3.43. The van der Waals surface area contributed by atoms with Gasteiger partial charge < -0.3 is 5.73 Å². The molecule has 3 N–H and O–H groups in total. The van der Waals surface area contributed by atoms with Crippen molar-refractivity contribution in [1.82, 2.24) is 4.72 Å². The van der Waals surface area contributed by atoms with Gasteiger partial charge >= 0.3 is 0 Å². The molecule has 0 radical (unpaired) electrons. The van der Waals surface area contributed by atoms with Gasteiger partial charge in [-0.2, -0.15) is 0 Å². The maximum atomic E-state index is 12.1. The van der Waals surface area contributed by atoms with Gasteiger partial charge in [-0.25, -0.2) is 13.1 Å². The average molecular weight is 278 g/mol. The minimum absolute atomic E-state index is 0.0363. The Morgan fingerprint density at radius 3 is 2.42 bits per heavy atom. The van der Waals surface area contributed by atoms with Crippen molar-refractivity contribution in [3.63, 3.8) is 0 Å². The van der Waals surface area contributed by atoms with Crippen molar-refractivity contribution in [3.8, 4) is 11.8 Å². The summed E-state index contributed by atoms with van der Waals surface area (Å²) in [7, 11) is -3.43. The fraction of sp³-hybridized carbons (Fsp3) is 0.429. The molecule has 0 heterocycles. The molecular formula is C14H18N2O2S. The predicted octanol–water partition coefficient (Wildman–Crippen LogP) is 1.07. The molecule has 0 bridgehead atoms. The lowest BCUT2D eigenvalue weighted by Crippen LogP contribution is -2.28. The summed E-state index contributed by atoms with van der Waals surface area (Å²) >= 11 is 0. The van der Waals surface area contributed by atoms with Crippen LogP contribution in [0, 0.1) is 17.3 Å². The van der Waals surface area contributed by atoms with Crippen LogP contribution in [0.1, 0.15) is 25.8 Å². The summed E-state index contributed by atoms with van der Waals surface area (Å²) in [6.07, 6.45) is 0.881. The Morgan fingerprint density at radius 2 is 1.95 bits per heavy atom. The third-order valence-corrected chi connectivity index (χ3v) is 4.80. The molecule has 1 aliphatic carbocycles. The molecule has 1 fully saturated rings. The van der Waals surface area contributed by atoms with Crippen molar-refractivity contribution in [2.75, 3.05) is 6.54 Å². The molecule has 1 aromatic rings. The Labute approximate surface area is 114 Å². The van der Waals surface area contributed by atoms with Gasteiger partial charge in [-0.3, -0.25) is 0 Å². The molecular weight excluding hydrogens is 260 g/mol. The van der Waals surface area contributed by atoms with Crippen LogP contribution < -0.4 is 10.5 Å². The van der Waals surface area contributed by atoms with Crippen LogP contribution in [0.5, 0.6) is 0 Å². The second-order valence-electron chi connectivity index (χ2n) is 5.40. The minimum Gasteiger partial charge on any atom is -0.320 e. The summed E-state index contributed by atoms with van der Waals surface area (Å²) < 4.78 is 27.0. The summed E-state index contributed by atoms with van der Waals surface area (Å²) in [5.74, 6) is 5.59. The van der Waals surface area contributed by atoms with E-state index in [9.17, 15) is 8.42 Å².